The van der Waals surface area contributed by atoms with Crippen LogP contribution in [0.25, 0.3) is 0 Å². The van der Waals surface area contributed by atoms with E-state index in [0.717, 1.165) is 10.0 Å². The van der Waals surface area contributed by atoms with Crippen molar-refractivity contribution in [2.75, 3.05) is 5.32 Å². The fourth-order valence-electron chi connectivity index (χ4n) is 1.60. The second kappa shape index (κ2) is 5.19. The molecule has 0 aliphatic heterocycles. The maximum absolute atomic E-state index is 13.2. The van der Waals surface area contributed by atoms with Gasteiger partial charge in [-0.25, -0.2) is 4.39 Å². The fourth-order valence-corrected chi connectivity index (χ4v) is 1.94. The molecule has 2 rings (SSSR count). The van der Waals surface area contributed by atoms with Gasteiger partial charge in [0.2, 0.25) is 0 Å². The second-order valence-electron chi connectivity index (χ2n) is 3.91. The monoisotopic (exact) mass is 304 g/mol. The first-order chi connectivity index (χ1) is 8.60. The van der Waals surface area contributed by atoms with E-state index in [-0.39, 0.29) is 5.82 Å². The van der Waals surface area contributed by atoms with E-state index < -0.39 is 0 Å². The summed E-state index contributed by atoms with van der Waals surface area (Å²) in [7, 11) is 0. The summed E-state index contributed by atoms with van der Waals surface area (Å²) < 4.78 is 13.9. The molecule has 18 heavy (non-hydrogen) atoms. The van der Waals surface area contributed by atoms with Gasteiger partial charge < -0.3 is 5.32 Å². The van der Waals surface area contributed by atoms with Crippen LogP contribution in [0, 0.1) is 24.1 Å². The molecule has 0 spiro atoms. The van der Waals surface area contributed by atoms with E-state index in [1.165, 1.54) is 12.1 Å². The Kier molecular flexibility index (Phi) is 3.63. The molecule has 0 fully saturated rings. The molecule has 1 N–H and O–H groups in total. The Morgan fingerprint density at radius 2 is 1.94 bits per heavy atom. The van der Waals surface area contributed by atoms with Crippen LogP contribution in [0.4, 0.5) is 15.8 Å². The SMILES string of the molecule is Cc1ccc(C#N)c(Nc2cc(F)ccc2Br)c1. The minimum absolute atomic E-state index is 0.327. The summed E-state index contributed by atoms with van der Waals surface area (Å²) in [6.45, 7) is 1.94. The fraction of sp³-hybridized carbons (Fsp3) is 0.0714. The lowest BCUT2D eigenvalue weighted by atomic mass is 10.1. The molecule has 90 valence electrons. The Labute approximate surface area is 113 Å². The van der Waals surface area contributed by atoms with Crippen molar-refractivity contribution in [2.24, 2.45) is 0 Å². The standard InChI is InChI=1S/C14H10BrFN2/c1-9-2-3-10(8-17)13(6-9)18-14-7-11(16)4-5-12(14)15/h2-7,18H,1H3. The van der Waals surface area contributed by atoms with Crippen LogP contribution >= 0.6 is 15.9 Å². The number of aryl methyl sites for hydroxylation is 1. The third-order valence-electron chi connectivity index (χ3n) is 2.49. The van der Waals surface area contributed by atoms with Crippen molar-refractivity contribution in [3.05, 3.63) is 57.8 Å². The van der Waals surface area contributed by atoms with Gasteiger partial charge in [0.1, 0.15) is 11.9 Å². The van der Waals surface area contributed by atoms with Gasteiger partial charge in [-0.05, 0) is 58.7 Å². The zero-order valence-corrected chi connectivity index (χ0v) is 11.3. The van der Waals surface area contributed by atoms with Gasteiger partial charge in [0.05, 0.1) is 16.9 Å². The van der Waals surface area contributed by atoms with Gasteiger partial charge in [0, 0.05) is 4.47 Å². The highest BCUT2D eigenvalue weighted by Gasteiger charge is 2.06. The molecule has 0 atom stereocenters. The number of halogens is 2. The first kappa shape index (κ1) is 12.6. The molecule has 0 saturated heterocycles. The third kappa shape index (κ3) is 2.69. The van der Waals surface area contributed by atoms with Crippen LogP contribution in [-0.4, -0.2) is 0 Å². The summed E-state index contributed by atoms with van der Waals surface area (Å²) in [5, 5.41) is 12.1. The maximum atomic E-state index is 13.2. The minimum atomic E-state index is -0.327. The molecule has 2 nitrogen and oxygen atoms in total. The van der Waals surface area contributed by atoms with Gasteiger partial charge >= 0.3 is 0 Å². The molecular weight excluding hydrogens is 295 g/mol. The minimum Gasteiger partial charge on any atom is -0.353 e. The van der Waals surface area contributed by atoms with E-state index in [4.69, 9.17) is 5.26 Å². The summed E-state index contributed by atoms with van der Waals surface area (Å²) in [4.78, 5) is 0. The summed E-state index contributed by atoms with van der Waals surface area (Å²) in [5.74, 6) is -0.327. The van der Waals surface area contributed by atoms with Crippen molar-refractivity contribution >= 4 is 27.3 Å². The number of benzene rings is 2. The third-order valence-corrected chi connectivity index (χ3v) is 3.18. The van der Waals surface area contributed by atoms with Crippen LogP contribution < -0.4 is 5.32 Å². The average Bonchev–Trinajstić information content (AvgIpc) is 2.34. The van der Waals surface area contributed by atoms with Gasteiger partial charge in [-0.2, -0.15) is 5.26 Å². The smallest absolute Gasteiger partial charge is 0.125 e. The van der Waals surface area contributed by atoms with Crippen LogP contribution in [0.5, 0.6) is 0 Å². The number of hydrogen-bond donors (Lipinski definition) is 1. The predicted octanol–water partition coefficient (Wildman–Crippen LogP) is 4.51. The van der Waals surface area contributed by atoms with E-state index in [1.54, 1.807) is 12.1 Å². The molecular formula is C14H10BrFN2. The number of nitriles is 1. The molecule has 0 aromatic heterocycles. The van der Waals surface area contributed by atoms with Gasteiger partial charge in [-0.15, -0.1) is 0 Å². The van der Waals surface area contributed by atoms with Crippen molar-refractivity contribution in [3.8, 4) is 6.07 Å². The molecule has 0 aliphatic carbocycles. The lowest BCUT2D eigenvalue weighted by Gasteiger charge is -2.11. The molecule has 0 saturated carbocycles. The summed E-state index contributed by atoms with van der Waals surface area (Å²) in [6.07, 6.45) is 0. The average molecular weight is 305 g/mol. The van der Waals surface area contributed by atoms with Crippen molar-refractivity contribution in [2.45, 2.75) is 6.92 Å². The second-order valence-corrected chi connectivity index (χ2v) is 4.76. The van der Waals surface area contributed by atoms with Gasteiger partial charge in [0.25, 0.3) is 0 Å². The molecule has 0 heterocycles. The highest BCUT2D eigenvalue weighted by Crippen LogP contribution is 2.28. The quantitative estimate of drug-likeness (QED) is 0.886. The van der Waals surface area contributed by atoms with Gasteiger partial charge in [-0.3, -0.25) is 0 Å². The topological polar surface area (TPSA) is 35.8 Å². The highest BCUT2D eigenvalue weighted by molar-refractivity contribution is 9.10. The van der Waals surface area contributed by atoms with E-state index in [1.807, 2.05) is 19.1 Å². The van der Waals surface area contributed by atoms with E-state index >= 15 is 0 Å². The lowest BCUT2D eigenvalue weighted by molar-refractivity contribution is 0.628. The summed E-state index contributed by atoms with van der Waals surface area (Å²) in [5.41, 5.74) is 2.82. The van der Waals surface area contributed by atoms with Crippen LogP contribution in [0.1, 0.15) is 11.1 Å². The molecule has 0 bridgehead atoms. The highest BCUT2D eigenvalue weighted by atomic mass is 79.9. The molecule has 2 aromatic carbocycles. The zero-order valence-electron chi connectivity index (χ0n) is 9.67. The Morgan fingerprint density at radius 3 is 2.67 bits per heavy atom. The van der Waals surface area contributed by atoms with Crippen molar-refractivity contribution in [1.29, 1.82) is 5.26 Å². The van der Waals surface area contributed by atoms with Crippen LogP contribution in [0.2, 0.25) is 0 Å². The van der Waals surface area contributed by atoms with Crippen molar-refractivity contribution in [1.82, 2.24) is 0 Å². The van der Waals surface area contributed by atoms with Crippen molar-refractivity contribution in [3.63, 3.8) is 0 Å². The van der Waals surface area contributed by atoms with E-state index in [0.29, 0.717) is 16.9 Å². The summed E-state index contributed by atoms with van der Waals surface area (Å²) >= 11 is 3.34. The van der Waals surface area contributed by atoms with E-state index in [9.17, 15) is 4.39 Å². The first-order valence-electron chi connectivity index (χ1n) is 5.33. The lowest BCUT2D eigenvalue weighted by Crippen LogP contribution is -1.96. The Hall–Kier alpha value is -1.86. The van der Waals surface area contributed by atoms with Crippen LogP contribution in [0.15, 0.2) is 40.9 Å². The molecule has 0 radical (unpaired) electrons. The Bertz CT molecular complexity index is 632. The van der Waals surface area contributed by atoms with Gasteiger partial charge in [-0.1, -0.05) is 6.07 Å². The predicted molar refractivity (Wildman–Crippen MR) is 73.3 cm³/mol. The Balaban J connectivity index is 2.43. The Morgan fingerprint density at radius 1 is 1.17 bits per heavy atom. The summed E-state index contributed by atoms with van der Waals surface area (Å²) in [6, 6.07) is 11.9. The van der Waals surface area contributed by atoms with Crippen LogP contribution in [0.3, 0.4) is 0 Å². The first-order valence-corrected chi connectivity index (χ1v) is 6.12. The van der Waals surface area contributed by atoms with E-state index in [2.05, 4.69) is 27.3 Å². The molecule has 4 heteroatoms. The molecule has 0 aliphatic rings. The van der Waals surface area contributed by atoms with Gasteiger partial charge in [0.15, 0.2) is 0 Å². The number of anilines is 2. The molecule has 2 aromatic rings. The number of rotatable bonds is 2. The number of nitrogens with zero attached hydrogens (tertiary/aromatic N) is 1. The normalized spacial score (nSPS) is 9.89. The number of hydrogen-bond acceptors (Lipinski definition) is 2. The maximum Gasteiger partial charge on any atom is 0.125 e. The van der Waals surface area contributed by atoms with Crippen molar-refractivity contribution < 1.29 is 4.39 Å². The molecule has 0 amide bonds. The van der Waals surface area contributed by atoms with Crippen LogP contribution in [-0.2, 0) is 0 Å². The zero-order chi connectivity index (χ0) is 13.1. The molecule has 0 unspecified atom stereocenters. The largest absolute Gasteiger partial charge is 0.353 e. The number of nitrogens with one attached hydrogen (secondary N) is 1.